The Morgan fingerprint density at radius 2 is 0.859 bits per heavy atom. The third-order valence-corrected chi connectivity index (χ3v) is 16.2. The summed E-state index contributed by atoms with van der Waals surface area (Å²) in [6, 6.07) is 32.1. The number of aliphatic hydroxyl groups is 1. The fraction of sp³-hybridized carbons (Fsp3) is 0.394. The van der Waals surface area contributed by atoms with Crippen LogP contribution in [0.2, 0.25) is 0 Å². The number of aliphatic carboxylic acids is 1. The van der Waals surface area contributed by atoms with Crippen molar-refractivity contribution in [2.24, 2.45) is 0 Å². The molecule has 0 heterocycles. The number of alkyl halides is 6. The van der Waals surface area contributed by atoms with Gasteiger partial charge in [-0.15, -0.1) is 0 Å². The summed E-state index contributed by atoms with van der Waals surface area (Å²) in [4.78, 5) is 50.6. The first kappa shape index (κ1) is 66.7. The monoisotopic (exact) mass is 1190 g/mol. The molecule has 2 amide bonds. The van der Waals surface area contributed by atoms with Crippen molar-refractivity contribution in [1.29, 1.82) is 0 Å². The molecule has 0 bridgehead atoms. The molecule has 2 aliphatic carbocycles. The fourth-order valence-electron chi connectivity index (χ4n) is 10.8. The summed E-state index contributed by atoms with van der Waals surface area (Å²) in [6.45, 7) is 20.6. The van der Waals surface area contributed by atoms with Crippen LogP contribution < -0.4 is 10.6 Å². The molecule has 2 aliphatic rings. The summed E-state index contributed by atoms with van der Waals surface area (Å²) in [5.41, 5.74) is -1.96. The smallest absolute Gasteiger partial charge is 0.432 e. The van der Waals surface area contributed by atoms with E-state index in [9.17, 15) is 59.4 Å². The second-order valence-electron chi connectivity index (χ2n) is 24.1. The molecule has 3 unspecified atom stereocenters. The van der Waals surface area contributed by atoms with Crippen molar-refractivity contribution < 1.29 is 78.7 Å². The molecular weight excluding hydrogens is 1120 g/mol. The number of ether oxygens (including phenoxy) is 3. The Morgan fingerprint density at radius 1 is 0.494 bits per heavy atom. The number of esters is 1. The van der Waals surface area contributed by atoms with E-state index in [0.717, 1.165) is 73.7 Å². The second kappa shape index (κ2) is 25.2. The number of rotatable bonds is 13. The SMILES string of the molecule is COC(C(=O)O)(c1ccccc1)C(F)(F)F.COC(C(=O)OC(C(=O)Nc1ccc(C)cc1F)c1ccc2c(c1)C(C)(C)CCC2(C)C)(c1ccccc1)C(F)(F)F.Cc1ccc(NC(=O)[C@H](O)c2ccc3c(c2)C(C)(C)CCC3(C)C)c(F)c1. The second-order valence-corrected chi connectivity index (χ2v) is 24.1. The van der Waals surface area contributed by atoms with Gasteiger partial charge in [-0.05, 0) is 124 Å². The van der Waals surface area contributed by atoms with Crippen LogP contribution in [0.3, 0.4) is 0 Å². The first-order chi connectivity index (χ1) is 39.4. The number of fused-ring (bicyclic) bond motifs is 2. The van der Waals surface area contributed by atoms with Gasteiger partial charge in [0.1, 0.15) is 11.6 Å². The molecule has 0 radical (unpaired) electrons. The van der Waals surface area contributed by atoms with Crippen LogP contribution in [0.5, 0.6) is 0 Å². The van der Waals surface area contributed by atoms with Gasteiger partial charge in [0.2, 0.25) is 6.10 Å². The van der Waals surface area contributed by atoms with E-state index >= 15 is 0 Å². The highest BCUT2D eigenvalue weighted by molar-refractivity contribution is 5.97. The van der Waals surface area contributed by atoms with Crippen LogP contribution in [0.1, 0.15) is 149 Å². The van der Waals surface area contributed by atoms with E-state index < -0.39 is 82.3 Å². The number of methoxy groups -OCH3 is 2. The minimum Gasteiger partial charge on any atom is -0.479 e. The zero-order valence-electron chi connectivity index (χ0n) is 49.5. The minimum atomic E-state index is -5.24. The van der Waals surface area contributed by atoms with Crippen molar-refractivity contribution >= 4 is 35.1 Å². The summed E-state index contributed by atoms with van der Waals surface area (Å²) in [7, 11) is 1.47. The number of carboxylic acid groups (broad SMARTS) is 1. The highest BCUT2D eigenvalue weighted by Crippen LogP contribution is 2.50. The number of carbonyl (C=O) groups excluding carboxylic acids is 3. The minimum absolute atomic E-state index is 0.0138. The van der Waals surface area contributed by atoms with E-state index in [0.29, 0.717) is 18.2 Å². The number of anilines is 2. The lowest BCUT2D eigenvalue weighted by atomic mass is 9.63. The Balaban J connectivity index is 0.000000229. The molecule has 6 aromatic carbocycles. The number of aliphatic hydroxyl groups excluding tert-OH is 1. The Hall–Kier alpha value is -7.48. The molecule has 0 saturated heterocycles. The highest BCUT2D eigenvalue weighted by atomic mass is 19.4. The number of hydrogen-bond donors (Lipinski definition) is 4. The van der Waals surface area contributed by atoms with Crippen LogP contribution in [0, 0.1) is 25.5 Å². The van der Waals surface area contributed by atoms with Crippen molar-refractivity contribution in [2.75, 3.05) is 24.9 Å². The average molecular weight is 1190 g/mol. The van der Waals surface area contributed by atoms with E-state index in [4.69, 9.17) is 14.6 Å². The van der Waals surface area contributed by atoms with Gasteiger partial charge < -0.3 is 35.1 Å². The average Bonchev–Trinajstić information content (AvgIpc) is 1.18. The van der Waals surface area contributed by atoms with Gasteiger partial charge in [0.25, 0.3) is 23.0 Å². The molecule has 6 aromatic rings. The summed E-state index contributed by atoms with van der Waals surface area (Å²) >= 11 is 0. The summed E-state index contributed by atoms with van der Waals surface area (Å²) < 4.78 is 126. The van der Waals surface area contributed by atoms with Gasteiger partial charge in [-0.3, -0.25) is 9.59 Å². The van der Waals surface area contributed by atoms with Crippen LogP contribution in [0.4, 0.5) is 46.5 Å². The topological polar surface area (TPSA) is 160 Å². The Bertz CT molecular complexity index is 3400. The number of halogens is 8. The van der Waals surface area contributed by atoms with Crippen LogP contribution in [-0.2, 0) is 66.3 Å². The molecule has 0 spiro atoms. The number of amides is 2. The predicted octanol–water partition coefficient (Wildman–Crippen LogP) is 15.1. The number of nitrogens with one attached hydrogen (secondary N) is 2. The maximum atomic E-state index is 14.7. The maximum absolute atomic E-state index is 14.7. The molecule has 456 valence electrons. The third-order valence-electron chi connectivity index (χ3n) is 16.2. The van der Waals surface area contributed by atoms with E-state index in [1.54, 1.807) is 44.2 Å². The Labute approximate surface area is 490 Å². The van der Waals surface area contributed by atoms with E-state index in [1.165, 1.54) is 71.8 Å². The van der Waals surface area contributed by atoms with Crippen molar-refractivity contribution in [3.05, 3.63) is 201 Å². The van der Waals surface area contributed by atoms with Gasteiger partial charge in [0.15, 0.2) is 6.10 Å². The van der Waals surface area contributed by atoms with Gasteiger partial charge >= 0.3 is 24.3 Å². The first-order valence-electron chi connectivity index (χ1n) is 27.3. The summed E-state index contributed by atoms with van der Waals surface area (Å²) in [5.74, 6) is -6.82. The van der Waals surface area contributed by atoms with Crippen LogP contribution in [-0.4, -0.2) is 60.5 Å². The van der Waals surface area contributed by atoms with Crippen LogP contribution in [0.15, 0.2) is 133 Å². The zero-order chi connectivity index (χ0) is 63.5. The van der Waals surface area contributed by atoms with Crippen molar-refractivity contribution in [3.8, 4) is 0 Å². The maximum Gasteiger partial charge on any atom is 0.432 e. The molecule has 0 aromatic heterocycles. The molecule has 0 saturated carbocycles. The van der Waals surface area contributed by atoms with E-state index in [2.05, 4.69) is 56.9 Å². The van der Waals surface area contributed by atoms with Crippen LogP contribution >= 0.6 is 0 Å². The highest BCUT2D eigenvalue weighted by Gasteiger charge is 2.65. The largest absolute Gasteiger partial charge is 0.479 e. The fourth-order valence-corrected chi connectivity index (χ4v) is 10.8. The lowest BCUT2D eigenvalue weighted by Crippen LogP contribution is -2.52. The van der Waals surface area contributed by atoms with Gasteiger partial charge in [-0.25, -0.2) is 18.4 Å². The molecule has 85 heavy (non-hydrogen) atoms. The van der Waals surface area contributed by atoms with E-state index in [1.807, 2.05) is 32.0 Å². The predicted molar refractivity (Wildman–Crippen MR) is 307 cm³/mol. The van der Waals surface area contributed by atoms with Crippen molar-refractivity contribution in [1.82, 2.24) is 0 Å². The van der Waals surface area contributed by atoms with Gasteiger partial charge in [0, 0.05) is 30.9 Å². The normalized spacial score (nSPS) is 17.6. The first-order valence-corrected chi connectivity index (χ1v) is 27.3. The summed E-state index contributed by atoms with van der Waals surface area (Å²) in [6.07, 6.45) is -9.59. The molecule has 19 heteroatoms. The van der Waals surface area contributed by atoms with Gasteiger partial charge in [-0.2, -0.15) is 26.3 Å². The summed E-state index contributed by atoms with van der Waals surface area (Å²) in [5, 5.41) is 24.2. The molecule has 0 aliphatic heterocycles. The number of hydrogen-bond acceptors (Lipinski definition) is 8. The molecule has 8 rings (SSSR count). The Morgan fingerprint density at radius 3 is 1.24 bits per heavy atom. The quantitative estimate of drug-likeness (QED) is 0.0652. The van der Waals surface area contributed by atoms with Gasteiger partial charge in [0.05, 0.1) is 11.4 Å². The molecule has 0 fully saturated rings. The van der Waals surface area contributed by atoms with Gasteiger partial charge in [-0.1, -0.05) is 165 Å². The van der Waals surface area contributed by atoms with E-state index in [-0.39, 0.29) is 38.6 Å². The number of carbonyl (C=O) groups is 4. The molecule has 4 N–H and O–H groups in total. The molecule has 4 atom stereocenters. The zero-order valence-corrected chi connectivity index (χ0v) is 49.5. The van der Waals surface area contributed by atoms with Crippen molar-refractivity contribution in [2.45, 2.75) is 152 Å². The van der Waals surface area contributed by atoms with Crippen molar-refractivity contribution in [3.63, 3.8) is 0 Å². The molecular formula is C66H72F8N2O9. The van der Waals surface area contributed by atoms with Crippen LogP contribution in [0.25, 0.3) is 0 Å². The molecule has 11 nitrogen and oxygen atoms in total. The standard InChI is InChI=1S/C33H35F4NO4.C23H28FNO2.C10H9F3O3/c1-20-12-15-26(25(34)18-20)38-28(39)27(21-13-14-23-24(19-21)31(4,5)17-16-30(23,2)3)42-29(40)32(41-6,33(35,36)37)22-10-8-7-9-11-22;1-14-6-9-19(18(24)12-14)25-21(27)20(26)15-7-8-16-17(13-15)23(4,5)11-10-22(16,2)3;1-16-9(8(14)15,10(11,12)13)7-5-3-2-4-6-7/h7-15,18-19,27H,16-17H2,1-6H3,(H,38,39);6-9,12-13,20,26H,10-11H2,1-5H3,(H,25,27);2-6H,1H3,(H,14,15)/t;20-;/m.1./s1. The lowest BCUT2D eigenvalue weighted by Gasteiger charge is -2.42. The number of carboxylic acids is 1. The number of benzene rings is 6. The Kier molecular flexibility index (Phi) is 19.8. The lowest BCUT2D eigenvalue weighted by molar-refractivity contribution is -0.278. The number of aryl methyl sites for hydroxylation is 2. The third kappa shape index (κ3) is 14.0.